The molecule has 1 aromatic rings. The van der Waals surface area contributed by atoms with Crippen LogP contribution in [-0.2, 0) is 16.3 Å². The summed E-state index contributed by atoms with van der Waals surface area (Å²) >= 11 is 7.68. The van der Waals surface area contributed by atoms with Crippen molar-refractivity contribution >= 4 is 32.8 Å². The number of hydrogen-bond acceptors (Lipinski definition) is 4. The summed E-state index contributed by atoms with van der Waals surface area (Å²) in [7, 11) is -2.83. The van der Waals surface area contributed by atoms with E-state index in [1.807, 2.05) is 6.07 Å². The van der Waals surface area contributed by atoms with E-state index in [1.165, 1.54) is 10.4 Å². The number of halogens is 1. The van der Waals surface area contributed by atoms with Gasteiger partial charge in [0.15, 0.2) is 9.84 Å². The van der Waals surface area contributed by atoms with E-state index in [1.54, 1.807) is 11.3 Å². The normalized spacial score (nSPS) is 30.3. The van der Waals surface area contributed by atoms with Gasteiger partial charge in [0, 0.05) is 17.0 Å². The van der Waals surface area contributed by atoms with Gasteiger partial charge in [0.05, 0.1) is 15.8 Å². The summed E-state index contributed by atoms with van der Waals surface area (Å²) in [4.78, 5) is 1.36. The van der Waals surface area contributed by atoms with Crippen molar-refractivity contribution in [2.45, 2.75) is 37.8 Å². The molecule has 3 nitrogen and oxygen atoms in total. The Morgan fingerprint density at radius 2 is 2.22 bits per heavy atom. The third-order valence-electron chi connectivity index (χ3n) is 3.75. The first-order valence-electron chi connectivity index (χ1n) is 6.28. The Kier molecular flexibility index (Phi) is 3.43. The highest BCUT2D eigenvalue weighted by molar-refractivity contribution is 7.91. The lowest BCUT2D eigenvalue weighted by Crippen LogP contribution is -2.41. The Bertz CT molecular complexity index is 552. The lowest BCUT2D eigenvalue weighted by molar-refractivity contribution is 0.419. The van der Waals surface area contributed by atoms with Crippen molar-refractivity contribution in [3.05, 3.63) is 20.8 Å². The molecule has 0 bridgehead atoms. The fourth-order valence-electron chi connectivity index (χ4n) is 2.94. The zero-order chi connectivity index (χ0) is 12.8. The highest BCUT2D eigenvalue weighted by atomic mass is 35.5. The van der Waals surface area contributed by atoms with Crippen LogP contribution in [0.5, 0.6) is 0 Å². The smallest absolute Gasteiger partial charge is 0.151 e. The maximum atomic E-state index is 11.6. The van der Waals surface area contributed by atoms with Gasteiger partial charge in [-0.05, 0) is 37.3 Å². The first-order valence-corrected chi connectivity index (χ1v) is 9.30. The second-order valence-corrected chi connectivity index (χ2v) is 9.14. The molecule has 0 saturated carbocycles. The van der Waals surface area contributed by atoms with E-state index in [2.05, 4.69) is 5.32 Å². The number of sulfone groups is 1. The van der Waals surface area contributed by atoms with Gasteiger partial charge in [0.25, 0.3) is 0 Å². The van der Waals surface area contributed by atoms with E-state index in [0.717, 1.165) is 30.0 Å². The Morgan fingerprint density at radius 3 is 3.00 bits per heavy atom. The van der Waals surface area contributed by atoms with Crippen LogP contribution in [0.3, 0.4) is 0 Å². The second-order valence-electron chi connectivity index (χ2n) is 5.14. The quantitative estimate of drug-likeness (QED) is 0.913. The lowest BCUT2D eigenvalue weighted by Gasteiger charge is -2.26. The van der Waals surface area contributed by atoms with E-state index < -0.39 is 9.84 Å². The van der Waals surface area contributed by atoms with Gasteiger partial charge in [-0.1, -0.05) is 11.6 Å². The van der Waals surface area contributed by atoms with Crippen LogP contribution in [0.2, 0.25) is 4.34 Å². The van der Waals surface area contributed by atoms with Gasteiger partial charge in [-0.15, -0.1) is 11.3 Å². The van der Waals surface area contributed by atoms with Crippen molar-refractivity contribution < 1.29 is 8.42 Å². The van der Waals surface area contributed by atoms with Crippen LogP contribution in [0.1, 0.15) is 35.7 Å². The van der Waals surface area contributed by atoms with Crippen molar-refractivity contribution in [3.63, 3.8) is 0 Å². The van der Waals surface area contributed by atoms with Gasteiger partial charge in [-0.3, -0.25) is 0 Å². The molecule has 1 fully saturated rings. The van der Waals surface area contributed by atoms with Crippen LogP contribution in [0, 0.1) is 0 Å². The zero-order valence-electron chi connectivity index (χ0n) is 9.99. The van der Waals surface area contributed by atoms with Crippen molar-refractivity contribution in [2.75, 3.05) is 11.5 Å². The molecule has 0 aromatic carbocycles. The Morgan fingerprint density at radius 1 is 1.39 bits per heavy atom. The Hall–Kier alpha value is -0.100. The van der Waals surface area contributed by atoms with Gasteiger partial charge < -0.3 is 5.32 Å². The van der Waals surface area contributed by atoms with E-state index in [4.69, 9.17) is 11.6 Å². The summed E-state index contributed by atoms with van der Waals surface area (Å²) in [6.45, 7) is 0. The first kappa shape index (κ1) is 12.9. The third kappa shape index (κ3) is 2.59. The molecule has 0 spiro atoms. The van der Waals surface area contributed by atoms with Crippen LogP contribution in [0.15, 0.2) is 6.07 Å². The van der Waals surface area contributed by atoms with E-state index in [0.29, 0.717) is 11.8 Å². The molecule has 2 aliphatic rings. The number of nitrogens with one attached hydrogen (secondary N) is 1. The molecule has 2 atom stereocenters. The van der Waals surface area contributed by atoms with Gasteiger partial charge >= 0.3 is 0 Å². The van der Waals surface area contributed by atoms with Gasteiger partial charge in [-0.25, -0.2) is 8.42 Å². The second kappa shape index (κ2) is 4.78. The molecule has 18 heavy (non-hydrogen) atoms. The maximum absolute atomic E-state index is 11.6. The lowest BCUT2D eigenvalue weighted by atomic mass is 10.1. The number of hydrogen-bond donors (Lipinski definition) is 1. The van der Waals surface area contributed by atoms with Crippen LogP contribution >= 0.6 is 22.9 Å². The highest BCUT2D eigenvalue weighted by Gasteiger charge is 2.30. The summed E-state index contributed by atoms with van der Waals surface area (Å²) in [5, 5.41) is 3.51. The Balaban J connectivity index is 1.71. The average Bonchev–Trinajstić information content (AvgIpc) is 2.78. The van der Waals surface area contributed by atoms with Crippen molar-refractivity contribution in [2.24, 2.45) is 0 Å². The maximum Gasteiger partial charge on any atom is 0.151 e. The summed E-state index contributed by atoms with van der Waals surface area (Å²) < 4.78 is 24.1. The molecular formula is C12H16ClNO2S2. The summed E-state index contributed by atoms with van der Waals surface area (Å²) in [6, 6.07) is 2.43. The van der Waals surface area contributed by atoms with E-state index >= 15 is 0 Å². The third-order valence-corrected chi connectivity index (χ3v) is 6.91. The average molecular weight is 306 g/mol. The number of aryl methyl sites for hydroxylation is 1. The fourth-order valence-corrected chi connectivity index (χ4v) is 5.95. The van der Waals surface area contributed by atoms with Crippen molar-refractivity contribution in [1.82, 2.24) is 5.32 Å². The van der Waals surface area contributed by atoms with E-state index in [9.17, 15) is 8.42 Å². The molecule has 1 aliphatic carbocycles. The minimum Gasteiger partial charge on any atom is -0.306 e. The molecule has 1 aliphatic heterocycles. The summed E-state index contributed by atoms with van der Waals surface area (Å²) in [5.74, 6) is 0.641. The zero-order valence-corrected chi connectivity index (χ0v) is 12.4. The standard InChI is InChI=1S/C12H16ClNO2S2/c13-12-6-9-10(3-4-11(9)17-12)14-8-2-1-5-18(15,16)7-8/h6,8,10,14H,1-5,7H2. The number of thiophene rings is 1. The summed E-state index contributed by atoms with van der Waals surface area (Å²) in [5.41, 5.74) is 1.29. The molecule has 1 saturated heterocycles. The molecule has 2 heterocycles. The molecular weight excluding hydrogens is 290 g/mol. The minimum atomic E-state index is -2.83. The van der Waals surface area contributed by atoms with Crippen molar-refractivity contribution in [1.29, 1.82) is 0 Å². The highest BCUT2D eigenvalue weighted by Crippen LogP contribution is 2.39. The molecule has 1 aromatic heterocycles. The van der Waals surface area contributed by atoms with E-state index in [-0.39, 0.29) is 11.8 Å². The van der Waals surface area contributed by atoms with Gasteiger partial charge in [-0.2, -0.15) is 0 Å². The molecule has 3 rings (SSSR count). The Labute approximate surface area is 116 Å². The predicted octanol–water partition coefficient (Wildman–Crippen LogP) is 2.56. The molecule has 1 N–H and O–H groups in total. The molecule has 6 heteroatoms. The molecule has 0 radical (unpaired) electrons. The van der Waals surface area contributed by atoms with Crippen LogP contribution in [0.4, 0.5) is 0 Å². The fraction of sp³-hybridized carbons (Fsp3) is 0.667. The summed E-state index contributed by atoms with van der Waals surface area (Å²) in [6.07, 6.45) is 3.87. The van der Waals surface area contributed by atoms with Gasteiger partial charge in [0.2, 0.25) is 0 Å². The van der Waals surface area contributed by atoms with Crippen molar-refractivity contribution in [3.8, 4) is 0 Å². The monoisotopic (exact) mass is 305 g/mol. The predicted molar refractivity (Wildman–Crippen MR) is 75.2 cm³/mol. The van der Waals surface area contributed by atoms with Gasteiger partial charge in [0.1, 0.15) is 0 Å². The van der Waals surface area contributed by atoms with Crippen LogP contribution < -0.4 is 5.32 Å². The van der Waals surface area contributed by atoms with Crippen LogP contribution in [0.25, 0.3) is 0 Å². The number of fused-ring (bicyclic) bond motifs is 1. The molecule has 0 amide bonds. The largest absolute Gasteiger partial charge is 0.306 e. The SMILES string of the molecule is O=S1(=O)CCCC(NC2CCc3sc(Cl)cc32)C1. The minimum absolute atomic E-state index is 0.110. The molecule has 2 unspecified atom stereocenters. The molecule has 100 valence electrons. The van der Waals surface area contributed by atoms with Crippen LogP contribution in [-0.4, -0.2) is 26.0 Å². The first-order chi connectivity index (χ1) is 8.53. The number of rotatable bonds is 2. The topological polar surface area (TPSA) is 46.2 Å².